The predicted molar refractivity (Wildman–Crippen MR) is 187 cm³/mol. The van der Waals surface area contributed by atoms with Crippen molar-refractivity contribution in [3.8, 4) is 0 Å². The van der Waals surface area contributed by atoms with E-state index < -0.39 is 21.6 Å². The minimum atomic E-state index is -4.00. The molecule has 1 N–H and O–H groups in total. The first kappa shape index (κ1) is 32.9. The van der Waals surface area contributed by atoms with E-state index >= 15 is 0 Å². The molecule has 0 amide bonds. The number of esters is 1. The number of ether oxygens (including phenoxy) is 1. The van der Waals surface area contributed by atoms with Crippen LogP contribution >= 0.6 is 0 Å². The molecule has 5 aromatic rings. The van der Waals surface area contributed by atoms with Gasteiger partial charge in [-0.3, -0.25) is 4.31 Å². The number of hydrogen-bond acceptors (Lipinski definition) is 7. The maximum atomic E-state index is 13.4. The largest absolute Gasteiger partial charge is 0.512 e. The molecular weight excluding hydrogens is 623 g/mol. The van der Waals surface area contributed by atoms with Crippen LogP contribution in [0.5, 0.6) is 0 Å². The summed E-state index contributed by atoms with van der Waals surface area (Å²) < 4.78 is 34.2. The lowest BCUT2D eigenvalue weighted by atomic mass is 9.82. The number of carbonyl (C=O) groups excluding carboxylic acids is 1. The van der Waals surface area contributed by atoms with Gasteiger partial charge in [-0.1, -0.05) is 91.0 Å². The standard InChI is InChI=1S/C39H39N3O5S/c1-42(48(45,46)38-40-28-32-18-8-9-21-35(32)41-38)33-19-10-16-31(26-33)17-11-20-34-36(43)27-39(47-37(34)44,24-22-29-12-4-2-5-13-29)25-23-30-14-6-3-7-15-30/h2-10,12-16,18-19,21,26,28,43H,11,17,20,22-25,27H2,1H3. The second-order valence-electron chi connectivity index (χ2n) is 12.4. The number of benzene rings is 4. The maximum Gasteiger partial charge on any atom is 0.337 e. The molecule has 4 aromatic carbocycles. The molecule has 0 atom stereocenters. The topological polar surface area (TPSA) is 110 Å². The Hall–Kier alpha value is -5.02. The summed E-state index contributed by atoms with van der Waals surface area (Å²) in [6.45, 7) is 0. The number of anilines is 1. The molecule has 1 aliphatic heterocycles. The third kappa shape index (κ3) is 7.58. The number of hydrogen-bond donors (Lipinski definition) is 1. The number of aliphatic hydroxyl groups is 1. The Bertz CT molecular complexity index is 1990. The molecule has 0 aliphatic carbocycles. The average Bonchev–Trinajstić information content (AvgIpc) is 3.11. The molecule has 246 valence electrons. The molecule has 1 aromatic heterocycles. The zero-order chi connectivity index (χ0) is 33.6. The smallest absolute Gasteiger partial charge is 0.337 e. The van der Waals surface area contributed by atoms with E-state index in [1.54, 1.807) is 24.3 Å². The van der Waals surface area contributed by atoms with Gasteiger partial charge >= 0.3 is 5.97 Å². The summed E-state index contributed by atoms with van der Waals surface area (Å²) in [5.74, 6) is -0.364. The van der Waals surface area contributed by atoms with Crippen molar-refractivity contribution in [3.05, 3.63) is 143 Å². The number of sulfonamides is 1. The highest BCUT2D eigenvalue weighted by Gasteiger charge is 2.41. The fraction of sp³-hybridized carbons (Fsp3) is 0.256. The summed E-state index contributed by atoms with van der Waals surface area (Å²) in [4.78, 5) is 21.8. The van der Waals surface area contributed by atoms with E-state index in [2.05, 4.69) is 34.2 Å². The number of para-hydroxylation sites is 1. The summed E-state index contributed by atoms with van der Waals surface area (Å²) in [5.41, 5.74) is 3.77. The highest BCUT2D eigenvalue weighted by atomic mass is 32.2. The van der Waals surface area contributed by atoms with Crippen molar-refractivity contribution in [1.29, 1.82) is 0 Å². The van der Waals surface area contributed by atoms with Gasteiger partial charge in [0.15, 0.2) is 0 Å². The zero-order valence-electron chi connectivity index (χ0n) is 27.0. The van der Waals surface area contributed by atoms with Crippen molar-refractivity contribution in [2.45, 2.75) is 62.1 Å². The Morgan fingerprint density at radius 1 is 0.792 bits per heavy atom. The Labute approximate surface area is 281 Å². The molecule has 0 radical (unpaired) electrons. The number of fused-ring (bicyclic) bond motifs is 1. The molecule has 2 heterocycles. The van der Waals surface area contributed by atoms with Gasteiger partial charge in [-0.15, -0.1) is 0 Å². The number of aliphatic hydroxyl groups excluding tert-OH is 1. The van der Waals surface area contributed by atoms with Crippen LogP contribution in [0.25, 0.3) is 10.9 Å². The number of nitrogens with zero attached hydrogens (tertiary/aromatic N) is 3. The van der Waals surface area contributed by atoms with Crippen LogP contribution in [0.2, 0.25) is 0 Å². The monoisotopic (exact) mass is 661 g/mol. The van der Waals surface area contributed by atoms with Gasteiger partial charge in [-0.05, 0) is 79.8 Å². The van der Waals surface area contributed by atoms with Crippen molar-refractivity contribution in [2.24, 2.45) is 0 Å². The Morgan fingerprint density at radius 2 is 1.42 bits per heavy atom. The van der Waals surface area contributed by atoms with Gasteiger partial charge in [0, 0.05) is 25.1 Å². The number of rotatable bonds is 13. The molecule has 0 saturated carbocycles. The molecule has 0 bridgehead atoms. The Morgan fingerprint density at radius 3 is 2.08 bits per heavy atom. The van der Waals surface area contributed by atoms with E-state index in [0.29, 0.717) is 48.9 Å². The van der Waals surface area contributed by atoms with Crippen molar-refractivity contribution in [2.75, 3.05) is 11.4 Å². The highest BCUT2D eigenvalue weighted by Crippen LogP contribution is 2.38. The van der Waals surface area contributed by atoms with Crippen LogP contribution in [0.1, 0.15) is 48.8 Å². The maximum absolute atomic E-state index is 13.4. The molecule has 1 aliphatic rings. The molecule has 0 fully saturated rings. The normalized spacial score (nSPS) is 14.6. The molecule has 48 heavy (non-hydrogen) atoms. The second-order valence-corrected chi connectivity index (χ2v) is 14.2. The second kappa shape index (κ2) is 14.4. The summed E-state index contributed by atoms with van der Waals surface area (Å²) in [6, 6.07) is 34.7. The van der Waals surface area contributed by atoms with Gasteiger partial charge < -0.3 is 9.84 Å². The highest BCUT2D eigenvalue weighted by molar-refractivity contribution is 7.92. The first-order chi connectivity index (χ1) is 23.2. The van der Waals surface area contributed by atoms with Gasteiger partial charge in [0.2, 0.25) is 0 Å². The fourth-order valence-electron chi connectivity index (χ4n) is 6.23. The van der Waals surface area contributed by atoms with Crippen LogP contribution in [0.15, 0.2) is 132 Å². The van der Waals surface area contributed by atoms with Gasteiger partial charge in [0.25, 0.3) is 15.2 Å². The Balaban J connectivity index is 1.12. The molecular formula is C39H39N3O5S. The minimum absolute atomic E-state index is 0.0994. The van der Waals surface area contributed by atoms with E-state index in [1.165, 1.54) is 17.5 Å². The van der Waals surface area contributed by atoms with Crippen LogP contribution in [0.4, 0.5) is 5.69 Å². The van der Waals surface area contributed by atoms with E-state index in [4.69, 9.17) is 4.74 Å². The fourth-order valence-corrected chi connectivity index (χ4v) is 7.26. The van der Waals surface area contributed by atoms with Crippen LogP contribution in [0, 0.1) is 0 Å². The summed E-state index contributed by atoms with van der Waals surface area (Å²) in [5, 5.41) is 11.7. The van der Waals surface area contributed by atoms with Gasteiger partial charge in [0.1, 0.15) is 11.4 Å². The van der Waals surface area contributed by atoms with Crippen molar-refractivity contribution in [3.63, 3.8) is 0 Å². The average molecular weight is 662 g/mol. The van der Waals surface area contributed by atoms with Gasteiger partial charge in [-0.25, -0.2) is 14.8 Å². The number of cyclic esters (lactones) is 1. The number of carbonyl (C=O) groups is 1. The van der Waals surface area contributed by atoms with E-state index in [0.717, 1.165) is 34.9 Å². The van der Waals surface area contributed by atoms with Crippen LogP contribution in [-0.4, -0.2) is 42.1 Å². The molecule has 9 heteroatoms. The van der Waals surface area contributed by atoms with Crippen LogP contribution < -0.4 is 4.31 Å². The lowest BCUT2D eigenvalue weighted by Crippen LogP contribution is -2.41. The lowest BCUT2D eigenvalue weighted by molar-refractivity contribution is -0.160. The van der Waals surface area contributed by atoms with Crippen molar-refractivity contribution >= 4 is 32.6 Å². The van der Waals surface area contributed by atoms with Crippen molar-refractivity contribution in [1.82, 2.24) is 9.97 Å². The summed E-state index contributed by atoms with van der Waals surface area (Å²) >= 11 is 0. The number of aryl methyl sites for hydroxylation is 3. The Kier molecular flexibility index (Phi) is 9.87. The molecule has 0 saturated heterocycles. The molecule has 0 unspecified atom stereocenters. The van der Waals surface area contributed by atoms with Gasteiger partial charge in [0.05, 0.1) is 16.8 Å². The first-order valence-electron chi connectivity index (χ1n) is 16.2. The molecule has 6 rings (SSSR count). The van der Waals surface area contributed by atoms with Crippen molar-refractivity contribution < 1.29 is 23.1 Å². The zero-order valence-corrected chi connectivity index (χ0v) is 27.8. The van der Waals surface area contributed by atoms with E-state index in [-0.39, 0.29) is 17.3 Å². The third-order valence-electron chi connectivity index (χ3n) is 9.04. The van der Waals surface area contributed by atoms with Crippen LogP contribution in [0.3, 0.4) is 0 Å². The SMILES string of the molecule is CN(c1cccc(CCCC2=C(O)CC(CCc3ccccc3)(CCc3ccccc3)OC2=O)c1)S(=O)(=O)c1ncc2ccccc2n1. The van der Waals surface area contributed by atoms with E-state index in [1.807, 2.05) is 60.7 Å². The van der Waals surface area contributed by atoms with Gasteiger partial charge in [-0.2, -0.15) is 8.42 Å². The quantitative estimate of drug-likeness (QED) is 0.103. The lowest BCUT2D eigenvalue weighted by Gasteiger charge is -2.37. The first-order valence-corrected chi connectivity index (χ1v) is 17.7. The summed E-state index contributed by atoms with van der Waals surface area (Å²) in [6.07, 6.45) is 5.98. The van der Waals surface area contributed by atoms with E-state index in [9.17, 15) is 18.3 Å². The third-order valence-corrected chi connectivity index (χ3v) is 10.6. The minimum Gasteiger partial charge on any atom is -0.512 e. The molecule has 0 spiro atoms. The molecule has 8 nitrogen and oxygen atoms in total. The summed E-state index contributed by atoms with van der Waals surface area (Å²) in [7, 11) is -2.52. The predicted octanol–water partition coefficient (Wildman–Crippen LogP) is 7.54. The number of aromatic nitrogens is 2. The van der Waals surface area contributed by atoms with Crippen LogP contribution in [-0.2, 0) is 38.8 Å².